The fourth-order valence-corrected chi connectivity index (χ4v) is 9.01. The summed E-state index contributed by atoms with van der Waals surface area (Å²) in [5, 5.41) is 2.28. The number of para-hydroxylation sites is 2. The van der Waals surface area contributed by atoms with Crippen LogP contribution in [0.3, 0.4) is 0 Å². The smallest absolute Gasteiger partial charge is 0.137 e. The molecule has 0 radical (unpaired) electrons. The Hall–Kier alpha value is -7.05. The van der Waals surface area contributed by atoms with Gasteiger partial charge in [0.2, 0.25) is 0 Å². The molecule has 0 N–H and O–H groups in total. The van der Waals surface area contributed by atoms with Crippen LogP contribution < -0.4 is 14.5 Å². The zero-order chi connectivity index (χ0) is 44.5. The van der Waals surface area contributed by atoms with Gasteiger partial charge in [-0.15, -0.1) is 0 Å². The summed E-state index contributed by atoms with van der Waals surface area (Å²) in [6, 6.07) is 54.5. The summed E-state index contributed by atoms with van der Waals surface area (Å²) in [6.07, 6.45) is 6.33. The first-order chi connectivity index (χ1) is 30.6. The van der Waals surface area contributed by atoms with Crippen LogP contribution in [-0.2, 0) is 16.2 Å². The van der Waals surface area contributed by atoms with Crippen LogP contribution in [-0.4, -0.2) is 20.8 Å². The van der Waals surface area contributed by atoms with E-state index in [9.17, 15) is 0 Å². The molecule has 0 unspecified atom stereocenters. The summed E-state index contributed by atoms with van der Waals surface area (Å²) in [6.45, 7) is 21.2. The van der Waals surface area contributed by atoms with E-state index in [1.165, 1.54) is 22.4 Å². The summed E-state index contributed by atoms with van der Waals surface area (Å²) in [7, 11) is 0. The van der Waals surface area contributed by atoms with Crippen molar-refractivity contribution in [1.29, 1.82) is 0 Å². The molecule has 4 heterocycles. The number of pyridine rings is 1. The van der Waals surface area contributed by atoms with E-state index in [-0.39, 0.29) is 16.2 Å². The topological polar surface area (TPSA) is 38.5 Å². The quantitative estimate of drug-likeness (QED) is 0.160. The Morgan fingerprint density at radius 1 is 0.438 bits per heavy atom. The van der Waals surface area contributed by atoms with Crippen LogP contribution in [0.15, 0.2) is 170 Å². The Balaban J connectivity index is 1.10. The third-order valence-corrected chi connectivity index (χ3v) is 12.7. The van der Waals surface area contributed by atoms with Gasteiger partial charge in [0.15, 0.2) is 0 Å². The largest absolute Gasteiger partial charge is 0.457 e. The monoisotopic (exact) mass is 839 g/mol. The standard InChI is InChI=1S/C58H57N5O/c1-56(2,3)41-26-27-59-53(35-41)63-52-37-47(24-25-50(52)54-55(63)49-22-16-17-23-51(49)62(54)44-20-14-11-15-21-44)64-48-31-40(39-18-12-10-13-19-39)30-45(36-48)60-28-29-61(38-60)46-33-42(57(4,5)6)32-43(34-46)58(7,8)9/h10-37H,38H2,1-9H3. The molecular weight excluding hydrogens is 783 g/mol. The lowest BCUT2D eigenvalue weighted by Gasteiger charge is -2.29. The number of aromatic nitrogens is 3. The van der Waals surface area contributed by atoms with E-state index in [1.807, 2.05) is 6.20 Å². The van der Waals surface area contributed by atoms with E-state index < -0.39 is 0 Å². The van der Waals surface area contributed by atoms with E-state index in [4.69, 9.17) is 9.72 Å². The van der Waals surface area contributed by atoms with Gasteiger partial charge in [0.1, 0.15) is 17.3 Å². The summed E-state index contributed by atoms with van der Waals surface area (Å²) in [5.41, 5.74) is 13.9. The van der Waals surface area contributed by atoms with Crippen molar-refractivity contribution in [3.05, 3.63) is 187 Å². The molecule has 6 heteroatoms. The number of anilines is 2. The molecule has 3 aromatic heterocycles. The van der Waals surface area contributed by atoms with Crippen molar-refractivity contribution in [3.63, 3.8) is 0 Å². The lowest BCUT2D eigenvalue weighted by atomic mass is 9.80. The second-order valence-corrected chi connectivity index (χ2v) is 20.4. The number of ether oxygens (including phenoxy) is 1. The highest BCUT2D eigenvalue weighted by atomic mass is 16.5. The fourth-order valence-electron chi connectivity index (χ4n) is 9.01. The van der Waals surface area contributed by atoms with E-state index in [0.29, 0.717) is 6.67 Å². The van der Waals surface area contributed by atoms with Gasteiger partial charge in [-0.25, -0.2) is 4.98 Å². The van der Waals surface area contributed by atoms with Crippen molar-refractivity contribution < 1.29 is 4.74 Å². The number of benzene rings is 6. The Labute approximate surface area is 377 Å². The summed E-state index contributed by atoms with van der Waals surface area (Å²) >= 11 is 0. The first kappa shape index (κ1) is 41.0. The van der Waals surface area contributed by atoms with Crippen molar-refractivity contribution >= 4 is 44.2 Å². The minimum atomic E-state index is -0.0546. The van der Waals surface area contributed by atoms with Gasteiger partial charge >= 0.3 is 0 Å². The molecule has 0 spiro atoms. The number of rotatable bonds is 7. The molecular formula is C58H57N5O. The SMILES string of the molecule is CC(C)(C)c1cc(N2C=CN(c3cc(Oc4ccc5c(c4)n(-c4cc(C(C)(C)C)ccn4)c4c6ccccc6n(-c6ccccc6)c54)cc(-c4ccccc4)c3)C2)cc(C(C)(C)C)c1. The van der Waals surface area contributed by atoms with Crippen molar-refractivity contribution in [2.45, 2.75) is 78.6 Å². The molecule has 1 aliphatic rings. The molecule has 0 atom stereocenters. The Morgan fingerprint density at radius 3 is 1.70 bits per heavy atom. The third kappa shape index (κ3) is 7.51. The van der Waals surface area contributed by atoms with Crippen LogP contribution in [0.5, 0.6) is 11.5 Å². The van der Waals surface area contributed by atoms with Gasteiger partial charge in [0, 0.05) is 58.6 Å². The Morgan fingerprint density at radius 2 is 1.03 bits per heavy atom. The maximum absolute atomic E-state index is 7.01. The Kier molecular flexibility index (Phi) is 9.82. The fraction of sp³-hybridized carbons (Fsp3) is 0.224. The lowest BCUT2D eigenvalue weighted by Crippen LogP contribution is -2.26. The first-order valence-electron chi connectivity index (χ1n) is 22.5. The molecule has 320 valence electrons. The summed E-state index contributed by atoms with van der Waals surface area (Å²) < 4.78 is 11.7. The lowest BCUT2D eigenvalue weighted by molar-refractivity contribution is 0.483. The highest BCUT2D eigenvalue weighted by molar-refractivity contribution is 6.20. The van der Waals surface area contributed by atoms with E-state index >= 15 is 0 Å². The molecule has 0 saturated carbocycles. The van der Waals surface area contributed by atoms with Gasteiger partial charge in [-0.05, 0) is 111 Å². The van der Waals surface area contributed by atoms with Crippen molar-refractivity contribution in [2.75, 3.05) is 16.5 Å². The molecule has 0 aliphatic carbocycles. The molecule has 6 aromatic carbocycles. The highest BCUT2D eigenvalue weighted by Crippen LogP contribution is 2.43. The van der Waals surface area contributed by atoms with Crippen molar-refractivity contribution in [1.82, 2.24) is 14.1 Å². The number of hydrogen-bond donors (Lipinski definition) is 0. The minimum absolute atomic E-state index is 0.0267. The van der Waals surface area contributed by atoms with Gasteiger partial charge in [0.05, 0.1) is 28.7 Å². The first-order valence-corrected chi connectivity index (χ1v) is 22.5. The predicted octanol–water partition coefficient (Wildman–Crippen LogP) is 15.2. The van der Waals surface area contributed by atoms with Crippen molar-refractivity contribution in [3.8, 4) is 34.1 Å². The second kappa shape index (κ2) is 15.3. The zero-order valence-electron chi connectivity index (χ0n) is 38.5. The molecule has 0 amide bonds. The summed E-state index contributed by atoms with van der Waals surface area (Å²) in [4.78, 5) is 9.71. The van der Waals surface area contributed by atoms with E-state index in [2.05, 4.69) is 245 Å². The second-order valence-electron chi connectivity index (χ2n) is 20.4. The Bertz CT molecular complexity index is 3190. The molecule has 10 rings (SSSR count). The van der Waals surface area contributed by atoms with Gasteiger partial charge < -0.3 is 19.1 Å². The summed E-state index contributed by atoms with van der Waals surface area (Å²) in [5.74, 6) is 2.39. The van der Waals surface area contributed by atoms with Crippen LogP contribution in [0.25, 0.3) is 55.5 Å². The van der Waals surface area contributed by atoms with E-state index in [0.717, 1.165) is 72.7 Å². The maximum atomic E-state index is 7.01. The number of nitrogens with zero attached hydrogens (tertiary/aromatic N) is 5. The molecule has 1 aliphatic heterocycles. The zero-order valence-corrected chi connectivity index (χ0v) is 38.5. The van der Waals surface area contributed by atoms with Gasteiger partial charge in [0.25, 0.3) is 0 Å². The average molecular weight is 840 g/mol. The maximum Gasteiger partial charge on any atom is 0.137 e. The van der Waals surface area contributed by atoms with Crippen LogP contribution in [0.2, 0.25) is 0 Å². The van der Waals surface area contributed by atoms with Gasteiger partial charge in [-0.3, -0.25) is 4.57 Å². The molecule has 64 heavy (non-hydrogen) atoms. The molecule has 6 nitrogen and oxygen atoms in total. The van der Waals surface area contributed by atoms with E-state index in [1.54, 1.807) is 0 Å². The molecule has 0 saturated heterocycles. The molecule has 9 aromatic rings. The van der Waals surface area contributed by atoms with Gasteiger partial charge in [-0.1, -0.05) is 135 Å². The number of fused-ring (bicyclic) bond motifs is 5. The minimum Gasteiger partial charge on any atom is -0.457 e. The van der Waals surface area contributed by atoms with Crippen LogP contribution in [0.4, 0.5) is 11.4 Å². The predicted molar refractivity (Wildman–Crippen MR) is 269 cm³/mol. The average Bonchev–Trinajstić information content (AvgIpc) is 3.99. The number of hydrogen-bond acceptors (Lipinski definition) is 4. The van der Waals surface area contributed by atoms with Crippen LogP contribution in [0.1, 0.15) is 79.0 Å². The van der Waals surface area contributed by atoms with Crippen molar-refractivity contribution in [2.24, 2.45) is 0 Å². The van der Waals surface area contributed by atoms with Crippen LogP contribution >= 0.6 is 0 Å². The highest BCUT2D eigenvalue weighted by Gasteiger charge is 2.26. The normalized spacial score (nSPS) is 13.5. The molecule has 0 fully saturated rings. The third-order valence-electron chi connectivity index (χ3n) is 12.7. The molecule has 0 bridgehead atoms. The van der Waals surface area contributed by atoms with Gasteiger partial charge in [-0.2, -0.15) is 0 Å². The van der Waals surface area contributed by atoms with Crippen LogP contribution in [0, 0.1) is 0 Å².